The molecule has 1 atom stereocenters. The van der Waals surface area contributed by atoms with E-state index in [0.29, 0.717) is 6.04 Å². The van der Waals surface area contributed by atoms with Crippen LogP contribution >= 0.6 is 0 Å². The highest BCUT2D eigenvalue weighted by atomic mass is 16.2. The molecular formula is C18H27N3O. The molecule has 2 fully saturated rings. The van der Waals surface area contributed by atoms with Crippen LogP contribution in [0.2, 0.25) is 0 Å². The number of piperidine rings is 2. The minimum absolute atomic E-state index is 0.0381. The summed E-state index contributed by atoms with van der Waals surface area (Å²) in [6.45, 7) is 4.13. The van der Waals surface area contributed by atoms with Crippen LogP contribution in [0.4, 0.5) is 0 Å². The summed E-state index contributed by atoms with van der Waals surface area (Å²) in [6.07, 6.45) is 5.47. The molecule has 1 aromatic rings. The standard InChI is InChI=1S/C18H27N3O/c22-18(17-8-4-5-11-19-17)20-16-9-12-21(13-10-16)14-15-6-2-1-3-7-15/h1-3,6-7,16-17,19H,4-5,8-14H2,(H,20,22)/t17-/m1/s1. The lowest BCUT2D eigenvalue weighted by Gasteiger charge is -2.33. The molecule has 2 aliphatic heterocycles. The molecule has 22 heavy (non-hydrogen) atoms. The van der Waals surface area contributed by atoms with Crippen LogP contribution in [0, 0.1) is 0 Å². The van der Waals surface area contributed by atoms with E-state index in [1.165, 1.54) is 18.4 Å². The molecule has 2 N–H and O–H groups in total. The predicted octanol–water partition coefficient (Wildman–Crippen LogP) is 1.91. The minimum atomic E-state index is 0.0381. The third-order valence-corrected chi connectivity index (χ3v) is 4.81. The van der Waals surface area contributed by atoms with E-state index < -0.39 is 0 Å². The predicted molar refractivity (Wildman–Crippen MR) is 88.5 cm³/mol. The fourth-order valence-electron chi connectivity index (χ4n) is 3.45. The largest absolute Gasteiger partial charge is 0.352 e. The van der Waals surface area contributed by atoms with Gasteiger partial charge < -0.3 is 10.6 Å². The number of hydrogen-bond acceptors (Lipinski definition) is 3. The lowest BCUT2D eigenvalue weighted by molar-refractivity contribution is -0.124. The van der Waals surface area contributed by atoms with E-state index in [-0.39, 0.29) is 11.9 Å². The average molecular weight is 301 g/mol. The summed E-state index contributed by atoms with van der Waals surface area (Å²) in [5.41, 5.74) is 1.37. The molecule has 1 aromatic carbocycles. The van der Waals surface area contributed by atoms with Gasteiger partial charge in [0.15, 0.2) is 0 Å². The lowest BCUT2D eigenvalue weighted by atomic mass is 10.0. The molecule has 0 aromatic heterocycles. The molecule has 0 radical (unpaired) electrons. The van der Waals surface area contributed by atoms with E-state index in [4.69, 9.17) is 0 Å². The van der Waals surface area contributed by atoms with Crippen molar-refractivity contribution in [2.45, 2.75) is 50.7 Å². The first kappa shape index (κ1) is 15.5. The highest BCUT2D eigenvalue weighted by molar-refractivity contribution is 5.82. The van der Waals surface area contributed by atoms with Crippen LogP contribution in [0.5, 0.6) is 0 Å². The Morgan fingerprint density at radius 2 is 1.91 bits per heavy atom. The number of nitrogens with one attached hydrogen (secondary N) is 2. The summed E-state index contributed by atoms with van der Waals surface area (Å²) in [5.74, 6) is 0.209. The second-order valence-corrected chi connectivity index (χ2v) is 6.55. The quantitative estimate of drug-likeness (QED) is 0.893. The van der Waals surface area contributed by atoms with Gasteiger partial charge in [0.2, 0.25) is 5.91 Å². The van der Waals surface area contributed by atoms with Crippen molar-refractivity contribution in [3.63, 3.8) is 0 Å². The molecule has 0 spiro atoms. The van der Waals surface area contributed by atoms with Crippen LogP contribution in [-0.4, -0.2) is 42.5 Å². The Kier molecular flexibility index (Phi) is 5.46. The zero-order valence-electron chi connectivity index (χ0n) is 13.3. The maximum atomic E-state index is 12.3. The summed E-state index contributed by atoms with van der Waals surface area (Å²) >= 11 is 0. The highest BCUT2D eigenvalue weighted by Gasteiger charge is 2.25. The first-order valence-electron chi connectivity index (χ1n) is 8.61. The van der Waals surface area contributed by atoms with Gasteiger partial charge in [0.25, 0.3) is 0 Å². The molecule has 4 nitrogen and oxygen atoms in total. The first-order valence-corrected chi connectivity index (χ1v) is 8.61. The van der Waals surface area contributed by atoms with Gasteiger partial charge in [0.1, 0.15) is 0 Å². The van der Waals surface area contributed by atoms with Gasteiger partial charge in [-0.1, -0.05) is 36.8 Å². The van der Waals surface area contributed by atoms with Gasteiger partial charge in [-0.05, 0) is 37.8 Å². The van der Waals surface area contributed by atoms with E-state index in [2.05, 4.69) is 45.9 Å². The Labute approximate surface area is 133 Å². The maximum Gasteiger partial charge on any atom is 0.237 e. The number of carbonyl (C=O) groups is 1. The van der Waals surface area contributed by atoms with Crippen LogP contribution in [-0.2, 0) is 11.3 Å². The maximum absolute atomic E-state index is 12.3. The monoisotopic (exact) mass is 301 g/mol. The van der Waals surface area contributed by atoms with Gasteiger partial charge in [0.05, 0.1) is 6.04 Å². The van der Waals surface area contributed by atoms with Gasteiger partial charge in [-0.15, -0.1) is 0 Å². The summed E-state index contributed by atoms with van der Waals surface area (Å²) in [6, 6.07) is 11.0. The molecule has 4 heteroatoms. The average Bonchev–Trinajstić information content (AvgIpc) is 2.58. The molecule has 120 valence electrons. The summed E-state index contributed by atoms with van der Waals surface area (Å²) in [4.78, 5) is 14.7. The number of amides is 1. The van der Waals surface area contributed by atoms with Crippen LogP contribution in [0.25, 0.3) is 0 Å². The Bertz CT molecular complexity index is 462. The van der Waals surface area contributed by atoms with E-state index in [1.807, 2.05) is 0 Å². The zero-order valence-corrected chi connectivity index (χ0v) is 13.3. The number of rotatable bonds is 4. The molecule has 0 aliphatic carbocycles. The summed E-state index contributed by atoms with van der Waals surface area (Å²) in [5, 5.41) is 6.57. The Morgan fingerprint density at radius 1 is 1.14 bits per heavy atom. The fraction of sp³-hybridized carbons (Fsp3) is 0.611. The van der Waals surface area contributed by atoms with Crippen molar-refractivity contribution >= 4 is 5.91 Å². The smallest absolute Gasteiger partial charge is 0.237 e. The van der Waals surface area contributed by atoms with E-state index in [1.54, 1.807) is 0 Å². The lowest BCUT2D eigenvalue weighted by Crippen LogP contribution is -2.52. The van der Waals surface area contributed by atoms with Crippen LogP contribution in [0.15, 0.2) is 30.3 Å². The van der Waals surface area contributed by atoms with Gasteiger partial charge in [0, 0.05) is 25.7 Å². The van der Waals surface area contributed by atoms with Crippen LogP contribution < -0.4 is 10.6 Å². The normalized spacial score (nSPS) is 24.1. The van der Waals surface area contributed by atoms with Gasteiger partial charge in [-0.25, -0.2) is 0 Å². The molecule has 0 saturated carbocycles. The van der Waals surface area contributed by atoms with Gasteiger partial charge in [-0.2, -0.15) is 0 Å². The highest BCUT2D eigenvalue weighted by Crippen LogP contribution is 2.15. The fourth-order valence-corrected chi connectivity index (χ4v) is 3.45. The number of hydrogen-bond donors (Lipinski definition) is 2. The van der Waals surface area contributed by atoms with Gasteiger partial charge in [-0.3, -0.25) is 9.69 Å². The minimum Gasteiger partial charge on any atom is -0.352 e. The molecular weight excluding hydrogens is 274 g/mol. The van der Waals surface area contributed by atoms with Crippen molar-refractivity contribution in [1.82, 2.24) is 15.5 Å². The summed E-state index contributed by atoms with van der Waals surface area (Å²) < 4.78 is 0. The molecule has 0 bridgehead atoms. The Hall–Kier alpha value is -1.39. The van der Waals surface area contributed by atoms with Crippen molar-refractivity contribution in [3.05, 3.63) is 35.9 Å². The van der Waals surface area contributed by atoms with Crippen LogP contribution in [0.1, 0.15) is 37.7 Å². The third kappa shape index (κ3) is 4.31. The van der Waals surface area contributed by atoms with Gasteiger partial charge >= 0.3 is 0 Å². The van der Waals surface area contributed by atoms with Crippen molar-refractivity contribution in [3.8, 4) is 0 Å². The van der Waals surface area contributed by atoms with Crippen molar-refractivity contribution in [2.75, 3.05) is 19.6 Å². The first-order chi connectivity index (χ1) is 10.8. The van der Waals surface area contributed by atoms with Crippen molar-refractivity contribution < 1.29 is 4.79 Å². The van der Waals surface area contributed by atoms with E-state index in [0.717, 1.165) is 45.4 Å². The Balaban J connectivity index is 1.40. The second-order valence-electron chi connectivity index (χ2n) is 6.55. The van der Waals surface area contributed by atoms with Crippen LogP contribution in [0.3, 0.4) is 0 Å². The number of nitrogens with zero attached hydrogens (tertiary/aromatic N) is 1. The Morgan fingerprint density at radius 3 is 2.59 bits per heavy atom. The SMILES string of the molecule is O=C(NC1CCN(Cc2ccccc2)CC1)[C@H]1CCCCN1. The van der Waals surface area contributed by atoms with E-state index >= 15 is 0 Å². The van der Waals surface area contributed by atoms with Crippen molar-refractivity contribution in [2.24, 2.45) is 0 Å². The molecule has 3 rings (SSSR count). The molecule has 2 heterocycles. The molecule has 0 unspecified atom stereocenters. The molecule has 1 amide bonds. The molecule has 2 aliphatic rings. The zero-order chi connectivity index (χ0) is 15.2. The van der Waals surface area contributed by atoms with Crippen molar-refractivity contribution in [1.29, 1.82) is 0 Å². The summed E-state index contributed by atoms with van der Waals surface area (Å²) in [7, 11) is 0. The second kappa shape index (κ2) is 7.75. The number of likely N-dealkylation sites (tertiary alicyclic amines) is 1. The molecule has 2 saturated heterocycles. The topological polar surface area (TPSA) is 44.4 Å². The van der Waals surface area contributed by atoms with E-state index in [9.17, 15) is 4.79 Å². The number of benzene rings is 1. The number of carbonyl (C=O) groups excluding carboxylic acids is 1. The third-order valence-electron chi connectivity index (χ3n) is 4.81.